The van der Waals surface area contributed by atoms with Gasteiger partial charge in [-0.25, -0.2) is 0 Å². The largest absolute Gasteiger partial charge is 0.316 e. The van der Waals surface area contributed by atoms with Crippen LogP contribution in [0, 0.1) is 11.3 Å². The van der Waals surface area contributed by atoms with E-state index in [0.29, 0.717) is 6.04 Å². The second kappa shape index (κ2) is 3.55. The van der Waals surface area contributed by atoms with Crippen molar-refractivity contribution in [3.63, 3.8) is 0 Å². The van der Waals surface area contributed by atoms with E-state index in [-0.39, 0.29) is 6.04 Å². The van der Waals surface area contributed by atoms with Crippen LogP contribution in [0.4, 0.5) is 0 Å². The van der Waals surface area contributed by atoms with E-state index in [9.17, 15) is 0 Å². The summed E-state index contributed by atoms with van der Waals surface area (Å²) in [5.74, 6) is 0. The van der Waals surface area contributed by atoms with E-state index in [2.05, 4.69) is 16.7 Å². The summed E-state index contributed by atoms with van der Waals surface area (Å²) < 4.78 is 0. The highest BCUT2D eigenvalue weighted by atomic mass is 15.0. The van der Waals surface area contributed by atoms with Crippen molar-refractivity contribution in [2.75, 3.05) is 13.6 Å². The minimum absolute atomic E-state index is 0.0876. The molecule has 0 aromatic rings. The lowest BCUT2D eigenvalue weighted by molar-refractivity contribution is 0.376. The van der Waals surface area contributed by atoms with Crippen molar-refractivity contribution in [2.45, 2.75) is 24.9 Å². The van der Waals surface area contributed by atoms with E-state index >= 15 is 0 Å². The van der Waals surface area contributed by atoms with E-state index in [4.69, 9.17) is 5.26 Å². The molecule has 0 radical (unpaired) electrons. The summed E-state index contributed by atoms with van der Waals surface area (Å²) in [4.78, 5) is 0. The minimum atomic E-state index is 0.0876. The van der Waals surface area contributed by atoms with Gasteiger partial charge in [0.1, 0.15) is 0 Å². The Morgan fingerprint density at radius 2 is 2.40 bits per heavy atom. The molecule has 0 saturated carbocycles. The third kappa shape index (κ3) is 1.69. The van der Waals surface area contributed by atoms with E-state index in [1.54, 1.807) is 0 Å². The zero-order chi connectivity index (χ0) is 7.40. The zero-order valence-electron chi connectivity index (χ0n) is 6.22. The van der Waals surface area contributed by atoms with Crippen molar-refractivity contribution in [3.05, 3.63) is 0 Å². The third-order valence-corrected chi connectivity index (χ3v) is 1.98. The van der Waals surface area contributed by atoms with Crippen molar-refractivity contribution >= 4 is 0 Å². The van der Waals surface area contributed by atoms with Crippen LogP contribution in [0.1, 0.15) is 12.8 Å². The first kappa shape index (κ1) is 7.52. The predicted octanol–water partition coefficient (Wildman–Crippen LogP) is -0.150. The first-order valence-corrected chi connectivity index (χ1v) is 3.67. The Morgan fingerprint density at radius 3 is 2.80 bits per heavy atom. The standard InChI is InChI=1S/C7H13N3/c1-9-7-3-2-6(4-8)10-5-7/h6-7,9-10H,2-3,5H2,1H3/t6-,7?/m0/s1. The number of nitriles is 1. The average Bonchev–Trinajstić information content (AvgIpc) is 2.05. The van der Waals surface area contributed by atoms with Crippen molar-refractivity contribution in [1.82, 2.24) is 10.6 Å². The molecule has 1 rings (SSSR count). The fourth-order valence-electron chi connectivity index (χ4n) is 1.21. The number of hydrogen-bond donors (Lipinski definition) is 2. The normalized spacial score (nSPS) is 33.2. The Bertz CT molecular complexity index is 130. The molecule has 1 heterocycles. The molecule has 0 spiro atoms. The summed E-state index contributed by atoms with van der Waals surface area (Å²) >= 11 is 0. The summed E-state index contributed by atoms with van der Waals surface area (Å²) in [7, 11) is 1.96. The number of nitrogens with one attached hydrogen (secondary N) is 2. The molecule has 2 N–H and O–H groups in total. The Labute approximate surface area is 61.4 Å². The van der Waals surface area contributed by atoms with Crippen LogP contribution in [-0.2, 0) is 0 Å². The molecule has 3 heteroatoms. The van der Waals surface area contributed by atoms with Gasteiger partial charge in [-0.3, -0.25) is 0 Å². The van der Waals surface area contributed by atoms with Crippen LogP contribution < -0.4 is 10.6 Å². The maximum absolute atomic E-state index is 8.52. The molecule has 2 atom stereocenters. The summed E-state index contributed by atoms with van der Waals surface area (Å²) in [6, 6.07) is 2.86. The first-order valence-electron chi connectivity index (χ1n) is 3.67. The maximum atomic E-state index is 8.52. The molecular weight excluding hydrogens is 126 g/mol. The summed E-state index contributed by atoms with van der Waals surface area (Å²) in [6.45, 7) is 0.925. The second-order valence-electron chi connectivity index (χ2n) is 2.65. The lowest BCUT2D eigenvalue weighted by Gasteiger charge is -2.25. The molecule has 10 heavy (non-hydrogen) atoms. The van der Waals surface area contributed by atoms with Crippen LogP contribution in [0.25, 0.3) is 0 Å². The first-order chi connectivity index (χ1) is 4.86. The van der Waals surface area contributed by atoms with E-state index < -0.39 is 0 Å². The minimum Gasteiger partial charge on any atom is -0.316 e. The van der Waals surface area contributed by atoms with Gasteiger partial charge in [-0.1, -0.05) is 0 Å². The molecule has 56 valence electrons. The van der Waals surface area contributed by atoms with Gasteiger partial charge in [0.2, 0.25) is 0 Å². The Morgan fingerprint density at radius 1 is 1.60 bits per heavy atom. The molecule has 1 aliphatic rings. The van der Waals surface area contributed by atoms with Crippen molar-refractivity contribution in [3.8, 4) is 6.07 Å². The molecule has 1 unspecified atom stereocenters. The van der Waals surface area contributed by atoms with Gasteiger partial charge in [-0.05, 0) is 19.9 Å². The molecule has 1 saturated heterocycles. The van der Waals surface area contributed by atoms with Gasteiger partial charge in [0, 0.05) is 12.6 Å². The van der Waals surface area contributed by atoms with Gasteiger partial charge < -0.3 is 10.6 Å². The Hall–Kier alpha value is -0.590. The Balaban J connectivity index is 2.25. The molecule has 1 aliphatic heterocycles. The molecular formula is C7H13N3. The van der Waals surface area contributed by atoms with Crippen LogP contribution in [0.3, 0.4) is 0 Å². The average molecular weight is 139 g/mol. The number of nitrogens with zero attached hydrogens (tertiary/aromatic N) is 1. The van der Waals surface area contributed by atoms with Crippen molar-refractivity contribution in [1.29, 1.82) is 5.26 Å². The second-order valence-corrected chi connectivity index (χ2v) is 2.65. The van der Waals surface area contributed by atoms with Crippen LogP contribution in [-0.4, -0.2) is 25.7 Å². The molecule has 0 bridgehead atoms. The SMILES string of the molecule is CNC1CC[C@@H](C#N)NC1. The lowest BCUT2D eigenvalue weighted by atomic mass is 10.0. The van der Waals surface area contributed by atoms with Crippen LogP contribution in [0.5, 0.6) is 0 Å². The molecule has 1 fully saturated rings. The third-order valence-electron chi connectivity index (χ3n) is 1.98. The van der Waals surface area contributed by atoms with E-state index in [0.717, 1.165) is 19.4 Å². The Kier molecular flexibility index (Phi) is 2.67. The maximum Gasteiger partial charge on any atom is 0.0954 e. The highest BCUT2D eigenvalue weighted by molar-refractivity contribution is 4.94. The van der Waals surface area contributed by atoms with E-state index in [1.165, 1.54) is 0 Å². The van der Waals surface area contributed by atoms with Crippen LogP contribution >= 0.6 is 0 Å². The predicted molar refractivity (Wildman–Crippen MR) is 39.5 cm³/mol. The number of piperidine rings is 1. The van der Waals surface area contributed by atoms with Crippen LogP contribution in [0.15, 0.2) is 0 Å². The summed E-state index contributed by atoms with van der Waals surface area (Å²) in [5.41, 5.74) is 0. The fraction of sp³-hybridized carbons (Fsp3) is 0.857. The molecule has 0 aromatic heterocycles. The van der Waals surface area contributed by atoms with Crippen LogP contribution in [0.2, 0.25) is 0 Å². The molecule has 0 amide bonds. The number of hydrogen-bond acceptors (Lipinski definition) is 3. The zero-order valence-corrected chi connectivity index (χ0v) is 6.22. The monoisotopic (exact) mass is 139 g/mol. The summed E-state index contributed by atoms with van der Waals surface area (Å²) in [5, 5.41) is 14.8. The molecule has 3 nitrogen and oxygen atoms in total. The van der Waals surface area contributed by atoms with Crippen molar-refractivity contribution < 1.29 is 0 Å². The van der Waals surface area contributed by atoms with Gasteiger partial charge >= 0.3 is 0 Å². The van der Waals surface area contributed by atoms with E-state index in [1.807, 2.05) is 7.05 Å². The smallest absolute Gasteiger partial charge is 0.0954 e. The topological polar surface area (TPSA) is 47.9 Å². The fourth-order valence-corrected chi connectivity index (χ4v) is 1.21. The highest BCUT2D eigenvalue weighted by Gasteiger charge is 2.17. The van der Waals surface area contributed by atoms with Crippen molar-refractivity contribution in [2.24, 2.45) is 0 Å². The molecule has 0 aromatic carbocycles. The number of rotatable bonds is 1. The van der Waals surface area contributed by atoms with Gasteiger partial charge in [0.05, 0.1) is 12.1 Å². The van der Waals surface area contributed by atoms with Gasteiger partial charge in [0.25, 0.3) is 0 Å². The summed E-state index contributed by atoms with van der Waals surface area (Å²) in [6.07, 6.45) is 2.09. The highest BCUT2D eigenvalue weighted by Crippen LogP contribution is 2.06. The quantitative estimate of drug-likeness (QED) is 0.531. The van der Waals surface area contributed by atoms with Gasteiger partial charge in [-0.2, -0.15) is 5.26 Å². The lowest BCUT2D eigenvalue weighted by Crippen LogP contribution is -2.46. The van der Waals surface area contributed by atoms with Gasteiger partial charge in [0.15, 0.2) is 0 Å². The number of likely N-dealkylation sites (N-methyl/N-ethyl adjacent to an activating group) is 1. The van der Waals surface area contributed by atoms with Gasteiger partial charge in [-0.15, -0.1) is 0 Å². The molecule has 0 aliphatic carbocycles.